The first-order valence-electron chi connectivity index (χ1n) is 9.62. The van der Waals surface area contributed by atoms with E-state index in [1.165, 1.54) is 0 Å². The number of ether oxygens (including phenoxy) is 1. The van der Waals surface area contributed by atoms with Gasteiger partial charge in [-0.05, 0) is 18.2 Å². The quantitative estimate of drug-likeness (QED) is 0.139. The number of rotatable bonds is 6. The third-order valence-corrected chi connectivity index (χ3v) is 5.35. The Morgan fingerprint density at radius 1 is 0.848 bits per heavy atom. The van der Waals surface area contributed by atoms with E-state index in [1.807, 2.05) is 0 Å². The average Bonchev–Trinajstić information content (AvgIpc) is 2.75. The molecule has 0 saturated carbocycles. The summed E-state index contributed by atoms with van der Waals surface area (Å²) in [6.45, 7) is -0.811. The van der Waals surface area contributed by atoms with Crippen molar-refractivity contribution in [3.05, 3.63) is 41.0 Å². The number of phenolic OH excluding ortho intramolecular Hbond substituents is 4. The molecule has 1 fully saturated rings. The van der Waals surface area contributed by atoms with Crippen LogP contribution in [0.5, 0.6) is 28.7 Å². The van der Waals surface area contributed by atoms with Crippen LogP contribution in [0.3, 0.4) is 0 Å². The van der Waals surface area contributed by atoms with Crippen molar-refractivity contribution in [1.29, 1.82) is 0 Å². The van der Waals surface area contributed by atoms with Crippen molar-refractivity contribution in [1.82, 2.24) is 0 Å². The maximum Gasteiger partial charge on any atom is 0.173 e. The third-order valence-electron chi connectivity index (χ3n) is 5.35. The SMILES string of the molecule is O=C(CC(=O)c1c(O)cc(O)c([C@@H]2O[C@H](CO)[C@@H](O)[C@H](O)[C@H]2O)c1[O-])c1ccc(O)c(O)c1. The summed E-state index contributed by atoms with van der Waals surface area (Å²) in [6.07, 6.45) is -9.71. The lowest BCUT2D eigenvalue weighted by atomic mass is 9.88. The van der Waals surface area contributed by atoms with Gasteiger partial charge >= 0.3 is 0 Å². The second-order valence-corrected chi connectivity index (χ2v) is 7.51. The van der Waals surface area contributed by atoms with E-state index in [1.54, 1.807) is 0 Å². The first kappa shape index (κ1) is 24.2. The lowest BCUT2D eigenvalue weighted by Crippen LogP contribution is -2.55. The minimum Gasteiger partial charge on any atom is -0.872 e. The highest BCUT2D eigenvalue weighted by molar-refractivity contribution is 6.15. The fourth-order valence-corrected chi connectivity index (χ4v) is 3.56. The summed E-state index contributed by atoms with van der Waals surface area (Å²) in [5.41, 5.74) is -1.81. The van der Waals surface area contributed by atoms with Gasteiger partial charge in [0.1, 0.15) is 42.0 Å². The molecule has 0 radical (unpaired) electrons. The van der Waals surface area contributed by atoms with Crippen molar-refractivity contribution in [2.45, 2.75) is 36.9 Å². The van der Waals surface area contributed by atoms with Crippen LogP contribution in [0, 0.1) is 0 Å². The summed E-state index contributed by atoms with van der Waals surface area (Å²) in [7, 11) is 0. The van der Waals surface area contributed by atoms with E-state index in [0.29, 0.717) is 6.07 Å². The lowest BCUT2D eigenvalue weighted by molar-refractivity contribution is -0.277. The number of carbonyl (C=O) groups excluding carboxylic acids is 2. The molecule has 2 aromatic rings. The zero-order valence-electron chi connectivity index (χ0n) is 16.8. The second kappa shape index (κ2) is 9.21. The summed E-state index contributed by atoms with van der Waals surface area (Å²) >= 11 is 0. The van der Waals surface area contributed by atoms with Crippen molar-refractivity contribution < 1.29 is 60.3 Å². The van der Waals surface area contributed by atoms with Crippen molar-refractivity contribution in [2.75, 3.05) is 6.61 Å². The van der Waals surface area contributed by atoms with Crippen LogP contribution in [0.2, 0.25) is 0 Å². The van der Waals surface area contributed by atoms with Crippen molar-refractivity contribution in [3.8, 4) is 28.7 Å². The van der Waals surface area contributed by atoms with Gasteiger partial charge in [0, 0.05) is 17.2 Å². The second-order valence-electron chi connectivity index (χ2n) is 7.51. The molecule has 12 heteroatoms. The maximum absolute atomic E-state index is 13.0. The Balaban J connectivity index is 1.97. The molecule has 5 atom stereocenters. The van der Waals surface area contributed by atoms with Crippen LogP contribution in [0.15, 0.2) is 24.3 Å². The highest BCUT2D eigenvalue weighted by Crippen LogP contribution is 2.45. The maximum atomic E-state index is 13.0. The van der Waals surface area contributed by atoms with Gasteiger partial charge in [0.15, 0.2) is 23.1 Å². The normalized spacial score (nSPS) is 25.0. The van der Waals surface area contributed by atoms with Gasteiger partial charge in [-0.25, -0.2) is 0 Å². The number of Topliss-reactive ketones (excluding diaryl/α,β-unsaturated/α-hetero) is 2. The minimum atomic E-state index is -1.95. The molecule has 2 aromatic carbocycles. The fraction of sp³-hybridized carbons (Fsp3) is 0.333. The summed E-state index contributed by atoms with van der Waals surface area (Å²) in [6, 6.07) is 3.65. The molecule has 33 heavy (non-hydrogen) atoms. The fourth-order valence-electron chi connectivity index (χ4n) is 3.56. The Hall–Kier alpha value is -3.42. The highest BCUT2D eigenvalue weighted by atomic mass is 16.5. The van der Waals surface area contributed by atoms with Crippen LogP contribution < -0.4 is 5.11 Å². The predicted octanol–water partition coefficient (Wildman–Crippen LogP) is -1.45. The van der Waals surface area contributed by atoms with Gasteiger partial charge in [-0.3, -0.25) is 9.59 Å². The van der Waals surface area contributed by atoms with E-state index in [9.17, 15) is 55.5 Å². The van der Waals surface area contributed by atoms with Gasteiger partial charge in [-0.1, -0.05) is 5.75 Å². The molecule has 0 amide bonds. The first-order chi connectivity index (χ1) is 15.5. The van der Waals surface area contributed by atoms with E-state index >= 15 is 0 Å². The molecule has 1 aliphatic heterocycles. The van der Waals surface area contributed by atoms with E-state index in [-0.39, 0.29) is 5.56 Å². The summed E-state index contributed by atoms with van der Waals surface area (Å²) < 4.78 is 5.25. The molecule has 0 spiro atoms. The molecule has 1 heterocycles. The van der Waals surface area contributed by atoms with Gasteiger partial charge in [0.25, 0.3) is 0 Å². The molecule has 8 N–H and O–H groups in total. The van der Waals surface area contributed by atoms with Crippen LogP contribution in [-0.4, -0.2) is 83.4 Å². The molecule has 0 unspecified atom stereocenters. The Bertz CT molecular complexity index is 1080. The zero-order chi connectivity index (χ0) is 24.6. The number of ketones is 2. The van der Waals surface area contributed by atoms with Crippen LogP contribution in [0.4, 0.5) is 0 Å². The van der Waals surface area contributed by atoms with Gasteiger partial charge in [0.2, 0.25) is 0 Å². The Morgan fingerprint density at radius 2 is 1.52 bits per heavy atom. The van der Waals surface area contributed by atoms with Crippen LogP contribution >= 0.6 is 0 Å². The molecule has 1 aliphatic rings. The standard InChI is InChI=1S/C21H22O12/c22-6-14-17(29)19(31)20(32)21(33-14)16-13(28)5-12(27)15(18(16)30)11(26)4-9(24)7-1-2-8(23)10(25)3-7/h1-3,5,14,17,19-23,25,27-32H,4,6H2/p-1/t14-,17-,19+,20-,21+/m1/s1. The van der Waals surface area contributed by atoms with Gasteiger partial charge in [-0.15, -0.1) is 0 Å². The van der Waals surface area contributed by atoms with E-state index in [4.69, 9.17) is 4.74 Å². The molecule has 0 aliphatic carbocycles. The minimum absolute atomic E-state index is 0.168. The van der Waals surface area contributed by atoms with Crippen LogP contribution in [0.25, 0.3) is 0 Å². The molecule has 0 bridgehead atoms. The number of phenols is 4. The van der Waals surface area contributed by atoms with Crippen molar-refractivity contribution in [2.24, 2.45) is 0 Å². The first-order valence-corrected chi connectivity index (χ1v) is 9.62. The average molecular weight is 465 g/mol. The summed E-state index contributed by atoms with van der Waals surface area (Å²) in [5.74, 6) is -6.30. The summed E-state index contributed by atoms with van der Waals surface area (Å²) in [4.78, 5) is 25.1. The topological polar surface area (TPSA) is 228 Å². The largest absolute Gasteiger partial charge is 0.872 e. The molecule has 1 saturated heterocycles. The Kier molecular flexibility index (Phi) is 6.76. The summed E-state index contributed by atoms with van der Waals surface area (Å²) in [5, 5.41) is 91.5. The van der Waals surface area contributed by atoms with Crippen LogP contribution in [0.1, 0.15) is 38.8 Å². The van der Waals surface area contributed by atoms with Gasteiger partial charge in [-0.2, -0.15) is 0 Å². The van der Waals surface area contributed by atoms with Crippen molar-refractivity contribution >= 4 is 11.6 Å². The van der Waals surface area contributed by atoms with E-state index in [2.05, 4.69) is 0 Å². The Labute approximate surface area is 185 Å². The number of benzene rings is 2. The molecular weight excluding hydrogens is 444 g/mol. The smallest absolute Gasteiger partial charge is 0.173 e. The predicted molar refractivity (Wildman–Crippen MR) is 105 cm³/mol. The number of aliphatic hydroxyl groups is 4. The van der Waals surface area contributed by atoms with E-state index < -0.39 is 95.0 Å². The lowest BCUT2D eigenvalue weighted by Gasteiger charge is -2.41. The monoisotopic (exact) mass is 465 g/mol. The highest BCUT2D eigenvalue weighted by Gasteiger charge is 2.45. The molecule has 12 nitrogen and oxygen atoms in total. The zero-order valence-corrected chi connectivity index (χ0v) is 16.8. The number of carbonyl (C=O) groups is 2. The number of hydrogen-bond acceptors (Lipinski definition) is 12. The third kappa shape index (κ3) is 4.42. The number of hydrogen-bond donors (Lipinski definition) is 8. The number of aliphatic hydroxyl groups excluding tert-OH is 4. The van der Waals surface area contributed by atoms with Crippen molar-refractivity contribution in [3.63, 3.8) is 0 Å². The van der Waals surface area contributed by atoms with Gasteiger partial charge < -0.3 is 50.7 Å². The molecular formula is C21H21O12-. The number of aromatic hydroxyl groups is 4. The molecule has 178 valence electrons. The van der Waals surface area contributed by atoms with E-state index in [0.717, 1.165) is 18.2 Å². The van der Waals surface area contributed by atoms with Gasteiger partial charge in [0.05, 0.1) is 18.6 Å². The Morgan fingerprint density at radius 3 is 2.12 bits per heavy atom. The molecule has 0 aromatic heterocycles. The van der Waals surface area contributed by atoms with Crippen LogP contribution in [-0.2, 0) is 4.74 Å². The molecule has 3 rings (SSSR count).